The molecular formula is C18H20N4O5S. The summed E-state index contributed by atoms with van der Waals surface area (Å²) in [4.78, 5) is 46.4. The van der Waals surface area contributed by atoms with Gasteiger partial charge in [0.15, 0.2) is 5.11 Å². The summed E-state index contributed by atoms with van der Waals surface area (Å²) < 4.78 is 4.64. The van der Waals surface area contributed by atoms with Gasteiger partial charge in [0.1, 0.15) is 0 Å². The van der Waals surface area contributed by atoms with Crippen LogP contribution in [0, 0.1) is 5.92 Å². The van der Waals surface area contributed by atoms with Crippen LogP contribution in [-0.2, 0) is 19.1 Å². The number of hydrogen-bond acceptors (Lipinski definition) is 6. The van der Waals surface area contributed by atoms with E-state index in [1.807, 2.05) is 0 Å². The summed E-state index contributed by atoms with van der Waals surface area (Å²) in [6.07, 6.45) is 3.74. The zero-order valence-corrected chi connectivity index (χ0v) is 15.9. The third-order valence-corrected chi connectivity index (χ3v) is 3.75. The number of nitrogens with one attached hydrogen (secondary N) is 4. The summed E-state index contributed by atoms with van der Waals surface area (Å²) in [5.74, 6) is -1.72. The Balaban J connectivity index is 1.74. The highest BCUT2D eigenvalue weighted by molar-refractivity contribution is 7.80. The molecule has 1 saturated carbocycles. The van der Waals surface area contributed by atoms with Crippen molar-refractivity contribution in [3.63, 3.8) is 0 Å². The average molecular weight is 404 g/mol. The van der Waals surface area contributed by atoms with Crippen molar-refractivity contribution >= 4 is 46.7 Å². The topological polar surface area (TPSA) is 126 Å². The number of anilines is 1. The maximum atomic E-state index is 12.1. The quantitative estimate of drug-likeness (QED) is 0.239. The molecule has 1 aliphatic rings. The van der Waals surface area contributed by atoms with Crippen LogP contribution in [0.1, 0.15) is 30.1 Å². The monoisotopic (exact) mass is 404 g/mol. The van der Waals surface area contributed by atoms with Crippen molar-refractivity contribution in [2.75, 3.05) is 11.9 Å². The number of amides is 3. The fourth-order valence-corrected chi connectivity index (χ4v) is 2.15. The molecule has 1 aromatic rings. The molecular weight excluding hydrogens is 384 g/mol. The highest BCUT2D eigenvalue weighted by atomic mass is 32.1. The van der Waals surface area contributed by atoms with Crippen molar-refractivity contribution in [2.45, 2.75) is 19.8 Å². The summed E-state index contributed by atoms with van der Waals surface area (Å²) in [7, 11) is 0. The van der Waals surface area contributed by atoms with E-state index in [9.17, 15) is 19.2 Å². The zero-order valence-electron chi connectivity index (χ0n) is 15.1. The number of rotatable bonds is 6. The summed E-state index contributed by atoms with van der Waals surface area (Å²) in [6.45, 7) is 1.84. The van der Waals surface area contributed by atoms with Crippen LogP contribution in [0.4, 0.5) is 5.69 Å². The number of hydrogen-bond donors (Lipinski definition) is 4. The first-order chi connectivity index (χ1) is 13.4. The van der Waals surface area contributed by atoms with Gasteiger partial charge in [-0.25, -0.2) is 4.79 Å². The number of esters is 1. The Labute approximate surface area is 166 Å². The van der Waals surface area contributed by atoms with Crippen LogP contribution in [0.5, 0.6) is 0 Å². The molecule has 10 heteroatoms. The van der Waals surface area contributed by atoms with Crippen molar-refractivity contribution in [2.24, 2.45) is 5.92 Å². The second-order valence-corrected chi connectivity index (χ2v) is 6.23. The van der Waals surface area contributed by atoms with Crippen molar-refractivity contribution in [3.8, 4) is 0 Å². The average Bonchev–Trinajstić information content (AvgIpc) is 3.50. The van der Waals surface area contributed by atoms with E-state index in [1.54, 1.807) is 31.2 Å². The first-order valence-corrected chi connectivity index (χ1v) is 8.97. The minimum absolute atomic E-state index is 0.0167. The van der Waals surface area contributed by atoms with Crippen molar-refractivity contribution in [3.05, 3.63) is 42.0 Å². The van der Waals surface area contributed by atoms with E-state index >= 15 is 0 Å². The lowest BCUT2D eigenvalue weighted by Gasteiger charge is -2.10. The van der Waals surface area contributed by atoms with E-state index in [2.05, 4.69) is 26.2 Å². The molecule has 0 atom stereocenters. The SMILES string of the molecule is CCOC(=O)C=CC(=O)NC(=S)NNC(=O)c1ccc(NC(=O)C2CC2)cc1. The predicted octanol–water partition coefficient (Wildman–Crippen LogP) is 0.790. The maximum absolute atomic E-state index is 12.1. The Morgan fingerprint density at radius 2 is 1.79 bits per heavy atom. The number of benzene rings is 1. The van der Waals surface area contributed by atoms with E-state index in [0.717, 1.165) is 25.0 Å². The molecule has 3 amide bonds. The van der Waals surface area contributed by atoms with Gasteiger partial charge in [0.25, 0.3) is 5.91 Å². The molecule has 0 spiro atoms. The highest BCUT2D eigenvalue weighted by Crippen LogP contribution is 2.30. The number of carbonyl (C=O) groups is 4. The molecule has 0 heterocycles. The second-order valence-electron chi connectivity index (χ2n) is 5.82. The molecule has 9 nitrogen and oxygen atoms in total. The van der Waals surface area contributed by atoms with Crippen LogP contribution >= 0.6 is 12.2 Å². The molecule has 0 aromatic heterocycles. The lowest BCUT2D eigenvalue weighted by atomic mass is 10.2. The lowest BCUT2D eigenvalue weighted by Crippen LogP contribution is -2.48. The first-order valence-electron chi connectivity index (χ1n) is 8.56. The molecule has 1 aromatic carbocycles. The van der Waals surface area contributed by atoms with Gasteiger partial charge >= 0.3 is 5.97 Å². The summed E-state index contributed by atoms with van der Waals surface area (Å²) >= 11 is 4.87. The molecule has 4 N–H and O–H groups in total. The van der Waals surface area contributed by atoms with E-state index < -0.39 is 17.8 Å². The fraction of sp³-hybridized carbons (Fsp3) is 0.278. The van der Waals surface area contributed by atoms with Crippen LogP contribution in [0.15, 0.2) is 36.4 Å². The number of thiocarbonyl (C=S) groups is 1. The van der Waals surface area contributed by atoms with Gasteiger partial charge < -0.3 is 10.1 Å². The van der Waals surface area contributed by atoms with Gasteiger partial charge in [-0.3, -0.25) is 30.6 Å². The van der Waals surface area contributed by atoms with Crippen LogP contribution < -0.4 is 21.5 Å². The Bertz CT molecular complexity index is 803. The van der Waals surface area contributed by atoms with Crippen molar-refractivity contribution in [1.29, 1.82) is 0 Å². The number of ether oxygens (including phenoxy) is 1. The van der Waals surface area contributed by atoms with Gasteiger partial charge in [-0.2, -0.15) is 0 Å². The normalized spacial score (nSPS) is 12.8. The third-order valence-electron chi connectivity index (χ3n) is 3.55. The van der Waals surface area contributed by atoms with Gasteiger partial charge in [0.2, 0.25) is 11.8 Å². The largest absolute Gasteiger partial charge is 0.463 e. The van der Waals surface area contributed by atoms with Crippen molar-refractivity contribution in [1.82, 2.24) is 16.2 Å². The van der Waals surface area contributed by atoms with Crippen LogP contribution in [0.25, 0.3) is 0 Å². The minimum Gasteiger partial charge on any atom is -0.463 e. The smallest absolute Gasteiger partial charge is 0.330 e. The zero-order chi connectivity index (χ0) is 20.5. The van der Waals surface area contributed by atoms with Gasteiger partial charge in [-0.05, 0) is 56.2 Å². The number of hydrazine groups is 1. The van der Waals surface area contributed by atoms with Crippen molar-refractivity contribution < 1.29 is 23.9 Å². The van der Waals surface area contributed by atoms with Gasteiger partial charge in [0.05, 0.1) is 6.61 Å². The molecule has 2 rings (SSSR count). The lowest BCUT2D eigenvalue weighted by molar-refractivity contribution is -0.137. The standard InChI is InChI=1S/C18H20N4O5S/c1-2-27-15(24)10-9-14(23)20-18(28)22-21-17(26)12-5-7-13(8-6-12)19-16(25)11-3-4-11/h5-11H,2-4H2,1H3,(H,19,25)(H,21,26)(H2,20,22,23,28). The molecule has 0 aliphatic heterocycles. The van der Waals surface area contributed by atoms with Crippen LogP contribution in [-0.4, -0.2) is 35.4 Å². The van der Waals surface area contributed by atoms with Crippen LogP contribution in [0.2, 0.25) is 0 Å². The summed E-state index contributed by atoms with van der Waals surface area (Å²) in [5, 5.41) is 4.88. The molecule has 28 heavy (non-hydrogen) atoms. The Kier molecular flexibility index (Phi) is 7.64. The molecule has 0 bridgehead atoms. The third kappa shape index (κ3) is 7.16. The minimum atomic E-state index is -0.657. The maximum Gasteiger partial charge on any atom is 0.330 e. The Morgan fingerprint density at radius 1 is 1.11 bits per heavy atom. The predicted molar refractivity (Wildman–Crippen MR) is 105 cm³/mol. The van der Waals surface area contributed by atoms with E-state index in [-0.39, 0.29) is 23.5 Å². The highest BCUT2D eigenvalue weighted by Gasteiger charge is 2.29. The second kappa shape index (κ2) is 10.2. The molecule has 0 saturated heterocycles. The molecule has 1 aliphatic carbocycles. The van der Waals surface area contributed by atoms with Gasteiger partial charge in [-0.15, -0.1) is 0 Å². The Hall–Kier alpha value is -3.27. The molecule has 0 radical (unpaired) electrons. The van der Waals surface area contributed by atoms with E-state index in [0.29, 0.717) is 11.3 Å². The fourth-order valence-electron chi connectivity index (χ4n) is 2.00. The molecule has 148 valence electrons. The van der Waals surface area contributed by atoms with Crippen LogP contribution in [0.3, 0.4) is 0 Å². The van der Waals surface area contributed by atoms with E-state index in [1.165, 1.54) is 0 Å². The Morgan fingerprint density at radius 3 is 2.39 bits per heavy atom. The summed E-state index contributed by atoms with van der Waals surface area (Å²) in [6, 6.07) is 6.33. The van der Waals surface area contributed by atoms with Gasteiger partial charge in [0, 0.05) is 29.3 Å². The summed E-state index contributed by atoms with van der Waals surface area (Å²) in [5.41, 5.74) is 5.64. The molecule has 1 fully saturated rings. The number of carbonyl (C=O) groups excluding carboxylic acids is 4. The van der Waals surface area contributed by atoms with E-state index in [4.69, 9.17) is 12.2 Å². The first kappa shape index (κ1) is 21.0. The molecule has 0 unspecified atom stereocenters. The van der Waals surface area contributed by atoms with Gasteiger partial charge in [-0.1, -0.05) is 0 Å².